The maximum Gasteiger partial charge on any atom is 0.258 e. The zero-order valence-corrected chi connectivity index (χ0v) is 16.7. The fourth-order valence-electron chi connectivity index (χ4n) is 3.06. The molecule has 0 spiro atoms. The van der Waals surface area contributed by atoms with Gasteiger partial charge in [-0.1, -0.05) is 54.6 Å². The topological polar surface area (TPSA) is 41.6 Å². The van der Waals surface area contributed by atoms with Crippen molar-refractivity contribution in [2.45, 2.75) is 13.1 Å². The molecule has 0 aliphatic carbocycles. The van der Waals surface area contributed by atoms with E-state index in [0.29, 0.717) is 12.3 Å². The van der Waals surface area contributed by atoms with Gasteiger partial charge in [0, 0.05) is 19.2 Å². The first-order valence-corrected chi connectivity index (χ1v) is 9.48. The van der Waals surface area contributed by atoms with Crippen molar-refractivity contribution in [3.05, 3.63) is 89.7 Å². The molecule has 0 saturated carbocycles. The minimum absolute atomic E-state index is 0.162. The summed E-state index contributed by atoms with van der Waals surface area (Å²) in [5, 5.41) is 2.87. The van der Waals surface area contributed by atoms with Crippen LogP contribution in [0.25, 0.3) is 11.1 Å². The zero-order chi connectivity index (χ0) is 20.6. The van der Waals surface area contributed by atoms with E-state index in [9.17, 15) is 9.18 Å². The van der Waals surface area contributed by atoms with Gasteiger partial charge < -0.3 is 15.0 Å². The van der Waals surface area contributed by atoms with Crippen molar-refractivity contribution in [1.29, 1.82) is 0 Å². The van der Waals surface area contributed by atoms with Crippen LogP contribution in [0.1, 0.15) is 11.1 Å². The minimum Gasteiger partial charge on any atom is -0.484 e. The molecule has 3 aromatic rings. The highest BCUT2D eigenvalue weighted by atomic mass is 19.1. The van der Waals surface area contributed by atoms with Crippen LogP contribution < -0.4 is 10.1 Å². The Labute approximate surface area is 170 Å². The van der Waals surface area contributed by atoms with E-state index in [0.717, 1.165) is 23.2 Å². The number of hydrogen-bond donors (Lipinski definition) is 1. The summed E-state index contributed by atoms with van der Waals surface area (Å²) in [5.74, 6) is -0.322. The number of carbonyl (C=O) groups is 1. The first-order chi connectivity index (χ1) is 14.0. The van der Waals surface area contributed by atoms with Crippen LogP contribution >= 0.6 is 0 Å². The molecule has 0 atom stereocenters. The summed E-state index contributed by atoms with van der Waals surface area (Å²) in [6.45, 7) is 1.12. The number of hydrogen-bond acceptors (Lipinski definition) is 3. The van der Waals surface area contributed by atoms with Crippen LogP contribution in [0.2, 0.25) is 0 Å². The summed E-state index contributed by atoms with van der Waals surface area (Å²) in [6, 6.07) is 22.2. The molecule has 1 amide bonds. The first-order valence-electron chi connectivity index (χ1n) is 9.48. The quantitative estimate of drug-likeness (QED) is 0.623. The van der Waals surface area contributed by atoms with Crippen LogP contribution in [-0.4, -0.2) is 31.5 Å². The molecule has 3 rings (SSSR count). The lowest BCUT2D eigenvalue weighted by molar-refractivity contribution is -0.123. The molecule has 5 heteroatoms. The van der Waals surface area contributed by atoms with E-state index < -0.39 is 5.82 Å². The average molecular weight is 392 g/mol. The summed E-state index contributed by atoms with van der Waals surface area (Å²) in [5.41, 5.74) is 4.45. The molecule has 0 aliphatic heterocycles. The van der Waals surface area contributed by atoms with E-state index in [1.807, 2.05) is 38.4 Å². The van der Waals surface area contributed by atoms with E-state index in [2.05, 4.69) is 34.5 Å². The highest BCUT2D eigenvalue weighted by Gasteiger charge is 2.08. The number of ether oxygens (including phenoxy) is 1. The third kappa shape index (κ3) is 6.16. The monoisotopic (exact) mass is 392 g/mol. The van der Waals surface area contributed by atoms with Gasteiger partial charge in [-0.25, -0.2) is 4.39 Å². The van der Waals surface area contributed by atoms with Crippen LogP contribution in [0.5, 0.6) is 5.75 Å². The van der Waals surface area contributed by atoms with Crippen molar-refractivity contribution >= 4 is 5.91 Å². The summed E-state index contributed by atoms with van der Waals surface area (Å²) in [6.07, 6.45) is 0. The van der Waals surface area contributed by atoms with E-state index in [1.54, 1.807) is 12.1 Å². The largest absolute Gasteiger partial charge is 0.484 e. The van der Waals surface area contributed by atoms with Crippen LogP contribution in [0.3, 0.4) is 0 Å². The number of amides is 1. The molecule has 0 bridgehead atoms. The molecule has 0 heterocycles. The van der Waals surface area contributed by atoms with Gasteiger partial charge in [-0.3, -0.25) is 4.79 Å². The number of halogens is 1. The Morgan fingerprint density at radius 1 is 1.00 bits per heavy atom. The second-order valence-electron chi connectivity index (χ2n) is 7.11. The van der Waals surface area contributed by atoms with Crippen LogP contribution in [-0.2, 0) is 17.9 Å². The minimum atomic E-state index is -0.395. The Balaban J connectivity index is 1.61. The molecule has 29 heavy (non-hydrogen) atoms. The van der Waals surface area contributed by atoms with Crippen LogP contribution in [0.4, 0.5) is 4.39 Å². The van der Waals surface area contributed by atoms with Gasteiger partial charge in [0.15, 0.2) is 6.61 Å². The predicted octanol–water partition coefficient (Wildman–Crippen LogP) is 4.25. The average Bonchev–Trinajstić information content (AvgIpc) is 2.71. The van der Waals surface area contributed by atoms with E-state index in [1.165, 1.54) is 17.7 Å². The Kier molecular flexibility index (Phi) is 6.98. The van der Waals surface area contributed by atoms with Crippen molar-refractivity contribution in [1.82, 2.24) is 10.2 Å². The summed E-state index contributed by atoms with van der Waals surface area (Å²) < 4.78 is 18.5. The van der Waals surface area contributed by atoms with Gasteiger partial charge in [-0.15, -0.1) is 0 Å². The lowest BCUT2D eigenvalue weighted by atomic mass is 9.98. The molecule has 0 radical (unpaired) electrons. The van der Waals surface area contributed by atoms with Gasteiger partial charge in [0.2, 0.25) is 0 Å². The fourth-order valence-corrected chi connectivity index (χ4v) is 3.06. The molecule has 3 aromatic carbocycles. The van der Waals surface area contributed by atoms with Crippen molar-refractivity contribution in [2.24, 2.45) is 0 Å². The van der Waals surface area contributed by atoms with E-state index in [-0.39, 0.29) is 12.5 Å². The highest BCUT2D eigenvalue weighted by Crippen LogP contribution is 2.24. The molecule has 0 unspecified atom stereocenters. The maximum absolute atomic E-state index is 13.2. The van der Waals surface area contributed by atoms with E-state index >= 15 is 0 Å². The Hall–Kier alpha value is -3.18. The van der Waals surface area contributed by atoms with Crippen LogP contribution in [0, 0.1) is 5.82 Å². The normalized spacial score (nSPS) is 10.8. The Bertz CT molecular complexity index is 955. The van der Waals surface area contributed by atoms with Crippen molar-refractivity contribution < 1.29 is 13.9 Å². The number of benzene rings is 3. The summed E-state index contributed by atoms with van der Waals surface area (Å²) in [7, 11) is 4.09. The van der Waals surface area contributed by atoms with Crippen molar-refractivity contribution in [2.75, 3.05) is 20.7 Å². The van der Waals surface area contributed by atoms with E-state index in [4.69, 9.17) is 4.74 Å². The lowest BCUT2D eigenvalue weighted by Gasteiger charge is -2.13. The summed E-state index contributed by atoms with van der Waals surface area (Å²) >= 11 is 0. The van der Waals surface area contributed by atoms with Crippen molar-refractivity contribution in [3.8, 4) is 16.9 Å². The maximum atomic E-state index is 13.2. The lowest BCUT2D eigenvalue weighted by Crippen LogP contribution is -2.28. The Morgan fingerprint density at radius 2 is 1.76 bits per heavy atom. The number of rotatable bonds is 8. The van der Waals surface area contributed by atoms with Crippen LogP contribution in [0.15, 0.2) is 72.8 Å². The van der Waals surface area contributed by atoms with Gasteiger partial charge in [0.05, 0.1) is 0 Å². The first kappa shape index (κ1) is 20.6. The summed E-state index contributed by atoms with van der Waals surface area (Å²) in [4.78, 5) is 14.3. The van der Waals surface area contributed by atoms with Gasteiger partial charge in [-0.05, 0) is 48.5 Å². The SMILES string of the molecule is CN(C)Cc1ccc(-c2ccccc2CNC(=O)COc2cccc(F)c2)cc1. The second kappa shape index (κ2) is 9.85. The highest BCUT2D eigenvalue weighted by molar-refractivity contribution is 5.78. The molecule has 150 valence electrons. The number of nitrogens with zero attached hydrogens (tertiary/aromatic N) is 1. The molecular weight excluding hydrogens is 367 g/mol. The van der Waals surface area contributed by atoms with Gasteiger partial charge in [0.25, 0.3) is 5.91 Å². The predicted molar refractivity (Wildman–Crippen MR) is 113 cm³/mol. The second-order valence-corrected chi connectivity index (χ2v) is 7.11. The smallest absolute Gasteiger partial charge is 0.258 e. The molecule has 0 fully saturated rings. The number of nitrogens with one attached hydrogen (secondary N) is 1. The third-order valence-corrected chi connectivity index (χ3v) is 4.42. The molecule has 1 N–H and O–H groups in total. The Morgan fingerprint density at radius 3 is 2.48 bits per heavy atom. The number of carbonyl (C=O) groups excluding carboxylic acids is 1. The molecule has 0 saturated heterocycles. The van der Waals surface area contributed by atoms with Gasteiger partial charge in [-0.2, -0.15) is 0 Å². The molecule has 0 aliphatic rings. The zero-order valence-electron chi connectivity index (χ0n) is 16.7. The standard InChI is InChI=1S/C24H25FN2O2/c1-27(2)16-18-10-12-19(13-11-18)23-9-4-3-6-20(23)15-26-24(28)17-29-22-8-5-7-21(25)14-22/h3-14H,15-17H2,1-2H3,(H,26,28). The molecule has 0 aromatic heterocycles. The molecular formula is C24H25FN2O2. The third-order valence-electron chi connectivity index (χ3n) is 4.42. The molecule has 4 nitrogen and oxygen atoms in total. The van der Waals surface area contributed by atoms with Crippen molar-refractivity contribution in [3.63, 3.8) is 0 Å². The fraction of sp³-hybridized carbons (Fsp3) is 0.208. The van der Waals surface area contributed by atoms with Gasteiger partial charge in [0.1, 0.15) is 11.6 Å². The van der Waals surface area contributed by atoms with Gasteiger partial charge >= 0.3 is 0 Å².